The maximum Gasteiger partial charge on any atom is 0.126 e. The highest BCUT2D eigenvalue weighted by Crippen LogP contribution is 2.30. The second kappa shape index (κ2) is 4.64. The number of anilines is 1. The van der Waals surface area contributed by atoms with Gasteiger partial charge in [-0.05, 0) is 30.5 Å². The summed E-state index contributed by atoms with van der Waals surface area (Å²) in [5.41, 5.74) is 1.61. The number of aromatic nitrogens is 2. The van der Waals surface area contributed by atoms with Crippen molar-refractivity contribution in [3.05, 3.63) is 47.2 Å². The maximum atomic E-state index is 13.3. The SMILES string of the molecule is CCc1cc2n(n1)C(c1cc(F)cc(F)c1)CCN2. The Kier molecular flexibility index (Phi) is 2.97. The van der Waals surface area contributed by atoms with Crippen molar-refractivity contribution in [2.45, 2.75) is 25.8 Å². The number of nitrogens with zero attached hydrogens (tertiary/aromatic N) is 2. The lowest BCUT2D eigenvalue weighted by atomic mass is 10.0. The van der Waals surface area contributed by atoms with Crippen LogP contribution < -0.4 is 5.32 Å². The molecule has 1 aliphatic rings. The van der Waals surface area contributed by atoms with Gasteiger partial charge in [-0.15, -0.1) is 0 Å². The number of hydrogen-bond donors (Lipinski definition) is 1. The van der Waals surface area contributed by atoms with E-state index in [4.69, 9.17) is 0 Å². The van der Waals surface area contributed by atoms with Gasteiger partial charge in [0.25, 0.3) is 0 Å². The van der Waals surface area contributed by atoms with Crippen molar-refractivity contribution in [3.63, 3.8) is 0 Å². The molecule has 2 heterocycles. The van der Waals surface area contributed by atoms with Gasteiger partial charge in [0.15, 0.2) is 0 Å². The lowest BCUT2D eigenvalue weighted by Crippen LogP contribution is -2.24. The summed E-state index contributed by atoms with van der Waals surface area (Å²) in [5, 5.41) is 7.75. The fourth-order valence-electron chi connectivity index (χ4n) is 2.52. The lowest BCUT2D eigenvalue weighted by molar-refractivity contribution is 0.471. The van der Waals surface area contributed by atoms with E-state index in [2.05, 4.69) is 10.4 Å². The summed E-state index contributed by atoms with van der Waals surface area (Å²) in [4.78, 5) is 0. The Balaban J connectivity index is 2.05. The zero-order valence-electron chi connectivity index (χ0n) is 10.7. The lowest BCUT2D eigenvalue weighted by Gasteiger charge is -2.26. The van der Waals surface area contributed by atoms with Gasteiger partial charge in [-0.25, -0.2) is 13.5 Å². The molecule has 0 saturated carbocycles. The Labute approximate surface area is 110 Å². The molecule has 5 heteroatoms. The molecule has 1 aliphatic heterocycles. The first-order chi connectivity index (χ1) is 9.17. The van der Waals surface area contributed by atoms with Crippen molar-refractivity contribution in [2.75, 3.05) is 11.9 Å². The van der Waals surface area contributed by atoms with E-state index >= 15 is 0 Å². The maximum absolute atomic E-state index is 13.3. The standard InChI is InChI=1S/C14H15F2N3/c1-2-12-8-14-17-4-3-13(19(14)18-12)9-5-10(15)7-11(16)6-9/h5-8,13,17H,2-4H2,1H3. The van der Waals surface area contributed by atoms with Crippen LogP contribution in [-0.2, 0) is 6.42 Å². The third kappa shape index (κ3) is 2.20. The molecular formula is C14H15F2N3. The predicted molar refractivity (Wildman–Crippen MR) is 69.2 cm³/mol. The van der Waals surface area contributed by atoms with E-state index in [0.29, 0.717) is 5.56 Å². The summed E-state index contributed by atoms with van der Waals surface area (Å²) < 4.78 is 28.5. The molecule has 1 unspecified atom stereocenters. The zero-order valence-corrected chi connectivity index (χ0v) is 10.7. The summed E-state index contributed by atoms with van der Waals surface area (Å²) in [6.45, 7) is 2.81. The number of rotatable bonds is 2. The second-order valence-corrected chi connectivity index (χ2v) is 4.75. The van der Waals surface area contributed by atoms with Crippen molar-refractivity contribution in [3.8, 4) is 0 Å². The molecule has 1 aromatic carbocycles. The van der Waals surface area contributed by atoms with E-state index in [0.717, 1.165) is 37.0 Å². The second-order valence-electron chi connectivity index (χ2n) is 4.75. The van der Waals surface area contributed by atoms with Crippen LogP contribution >= 0.6 is 0 Å². The first kappa shape index (κ1) is 12.1. The first-order valence-electron chi connectivity index (χ1n) is 6.45. The minimum atomic E-state index is -0.544. The number of fused-ring (bicyclic) bond motifs is 1. The van der Waals surface area contributed by atoms with Crippen LogP contribution in [0.2, 0.25) is 0 Å². The number of hydrogen-bond acceptors (Lipinski definition) is 2. The van der Waals surface area contributed by atoms with Crippen molar-refractivity contribution >= 4 is 5.82 Å². The molecule has 0 amide bonds. The summed E-state index contributed by atoms with van der Waals surface area (Å²) in [5.74, 6) is -0.173. The van der Waals surface area contributed by atoms with E-state index < -0.39 is 11.6 Å². The Morgan fingerprint density at radius 1 is 1.26 bits per heavy atom. The Morgan fingerprint density at radius 2 is 2.00 bits per heavy atom. The molecule has 0 radical (unpaired) electrons. The van der Waals surface area contributed by atoms with Gasteiger partial charge in [-0.2, -0.15) is 5.10 Å². The summed E-state index contributed by atoms with van der Waals surface area (Å²) in [6, 6.07) is 5.54. The molecule has 0 aliphatic carbocycles. The molecule has 2 aromatic rings. The van der Waals surface area contributed by atoms with E-state index in [1.54, 1.807) is 0 Å². The molecule has 19 heavy (non-hydrogen) atoms. The normalized spacial score (nSPS) is 17.9. The Bertz CT molecular complexity index is 586. The third-order valence-corrected chi connectivity index (χ3v) is 3.44. The molecular weight excluding hydrogens is 248 g/mol. The Hall–Kier alpha value is -1.91. The average molecular weight is 263 g/mol. The summed E-state index contributed by atoms with van der Waals surface area (Å²) in [6.07, 6.45) is 1.60. The monoisotopic (exact) mass is 263 g/mol. The molecule has 1 aromatic heterocycles. The minimum Gasteiger partial charge on any atom is -0.370 e. The number of aryl methyl sites for hydroxylation is 1. The van der Waals surface area contributed by atoms with Crippen LogP contribution in [-0.4, -0.2) is 16.3 Å². The van der Waals surface area contributed by atoms with E-state index in [-0.39, 0.29) is 6.04 Å². The van der Waals surface area contributed by atoms with Gasteiger partial charge in [-0.3, -0.25) is 0 Å². The van der Waals surface area contributed by atoms with Gasteiger partial charge in [0.1, 0.15) is 17.5 Å². The fraction of sp³-hybridized carbons (Fsp3) is 0.357. The first-order valence-corrected chi connectivity index (χ1v) is 6.45. The minimum absolute atomic E-state index is 0.109. The van der Waals surface area contributed by atoms with Crippen LogP contribution in [0.3, 0.4) is 0 Å². The van der Waals surface area contributed by atoms with Crippen LogP contribution in [0.5, 0.6) is 0 Å². The largest absolute Gasteiger partial charge is 0.370 e. The highest BCUT2D eigenvalue weighted by atomic mass is 19.1. The highest BCUT2D eigenvalue weighted by molar-refractivity contribution is 5.41. The predicted octanol–water partition coefficient (Wildman–Crippen LogP) is 3.13. The average Bonchev–Trinajstić information content (AvgIpc) is 2.80. The van der Waals surface area contributed by atoms with Gasteiger partial charge in [0.2, 0.25) is 0 Å². The number of benzene rings is 1. The molecule has 0 spiro atoms. The topological polar surface area (TPSA) is 29.9 Å². The van der Waals surface area contributed by atoms with Crippen LogP contribution in [0.1, 0.15) is 30.6 Å². The molecule has 0 saturated heterocycles. The van der Waals surface area contributed by atoms with E-state index in [1.165, 1.54) is 12.1 Å². The van der Waals surface area contributed by atoms with Gasteiger partial charge >= 0.3 is 0 Å². The van der Waals surface area contributed by atoms with Gasteiger partial charge in [0, 0.05) is 18.7 Å². The Morgan fingerprint density at radius 3 is 2.68 bits per heavy atom. The molecule has 3 nitrogen and oxygen atoms in total. The van der Waals surface area contributed by atoms with Gasteiger partial charge in [0.05, 0.1) is 11.7 Å². The van der Waals surface area contributed by atoms with Gasteiger partial charge in [-0.1, -0.05) is 6.92 Å². The van der Waals surface area contributed by atoms with E-state index in [1.807, 2.05) is 17.7 Å². The van der Waals surface area contributed by atoms with Crippen molar-refractivity contribution in [2.24, 2.45) is 0 Å². The van der Waals surface area contributed by atoms with Crippen LogP contribution in [0.15, 0.2) is 24.3 Å². The summed E-state index contributed by atoms with van der Waals surface area (Å²) >= 11 is 0. The molecule has 1 N–H and O–H groups in total. The highest BCUT2D eigenvalue weighted by Gasteiger charge is 2.23. The summed E-state index contributed by atoms with van der Waals surface area (Å²) in [7, 11) is 0. The quantitative estimate of drug-likeness (QED) is 0.902. The molecule has 1 atom stereocenters. The number of nitrogens with one attached hydrogen (secondary N) is 1. The molecule has 0 fully saturated rings. The molecule has 0 bridgehead atoms. The molecule has 3 rings (SSSR count). The van der Waals surface area contributed by atoms with E-state index in [9.17, 15) is 8.78 Å². The van der Waals surface area contributed by atoms with Crippen LogP contribution in [0, 0.1) is 11.6 Å². The smallest absolute Gasteiger partial charge is 0.126 e. The van der Waals surface area contributed by atoms with Crippen LogP contribution in [0.25, 0.3) is 0 Å². The van der Waals surface area contributed by atoms with Crippen molar-refractivity contribution in [1.29, 1.82) is 0 Å². The van der Waals surface area contributed by atoms with Crippen LogP contribution in [0.4, 0.5) is 14.6 Å². The van der Waals surface area contributed by atoms with Gasteiger partial charge < -0.3 is 5.32 Å². The van der Waals surface area contributed by atoms with Crippen molar-refractivity contribution < 1.29 is 8.78 Å². The molecule has 100 valence electrons. The zero-order chi connectivity index (χ0) is 13.4. The third-order valence-electron chi connectivity index (χ3n) is 3.44. The van der Waals surface area contributed by atoms with Crippen molar-refractivity contribution in [1.82, 2.24) is 9.78 Å². The fourth-order valence-corrected chi connectivity index (χ4v) is 2.52. The number of halogens is 2.